The van der Waals surface area contributed by atoms with Crippen LogP contribution in [0, 0.1) is 6.92 Å². The molecule has 0 amide bonds. The molecule has 1 heteroatoms. The lowest BCUT2D eigenvalue weighted by atomic mass is 9.83. The fourth-order valence-electron chi connectivity index (χ4n) is 3.36. The van der Waals surface area contributed by atoms with Crippen molar-refractivity contribution in [2.45, 2.75) is 32.1 Å². The Balaban J connectivity index is 1.88. The zero-order valence-electron chi connectivity index (χ0n) is 12.7. The first-order chi connectivity index (χ1) is 10.2. The molecule has 0 heterocycles. The van der Waals surface area contributed by atoms with Gasteiger partial charge in [0.25, 0.3) is 0 Å². The molecule has 0 saturated heterocycles. The van der Waals surface area contributed by atoms with Gasteiger partial charge in [0.2, 0.25) is 0 Å². The molecular weight excluding hydrogens is 256 g/mol. The molecule has 2 atom stereocenters. The lowest BCUT2D eigenvalue weighted by molar-refractivity contribution is 0.256. The quantitative estimate of drug-likeness (QED) is 0.862. The standard InChI is InChI=1S/C20H22O/c1-14-8-9-17-11-15(2)19(20(17)10-14)12-18(13-21)16-6-4-3-5-7-16/h3-11,18-19,21H,12-13H2,1-2H3/t18-,19?/m0/s1. The van der Waals surface area contributed by atoms with Gasteiger partial charge in [0.1, 0.15) is 0 Å². The zero-order chi connectivity index (χ0) is 14.8. The molecule has 0 aromatic heterocycles. The van der Waals surface area contributed by atoms with Crippen LogP contribution < -0.4 is 0 Å². The minimum atomic E-state index is 0.200. The van der Waals surface area contributed by atoms with Crippen LogP contribution in [-0.4, -0.2) is 11.7 Å². The predicted molar refractivity (Wildman–Crippen MR) is 88.5 cm³/mol. The van der Waals surface area contributed by atoms with Gasteiger partial charge in [-0.05, 0) is 37.0 Å². The third-order valence-corrected chi connectivity index (χ3v) is 4.56. The molecule has 1 unspecified atom stereocenters. The van der Waals surface area contributed by atoms with Crippen molar-refractivity contribution < 1.29 is 5.11 Å². The number of aryl methyl sites for hydroxylation is 1. The highest BCUT2D eigenvalue weighted by atomic mass is 16.3. The number of hydrogen-bond donors (Lipinski definition) is 1. The minimum absolute atomic E-state index is 0.200. The molecule has 1 N–H and O–H groups in total. The maximum absolute atomic E-state index is 9.81. The lowest BCUT2D eigenvalue weighted by Gasteiger charge is -2.22. The number of rotatable bonds is 4. The highest BCUT2D eigenvalue weighted by Crippen LogP contribution is 2.42. The number of aliphatic hydroxyl groups is 1. The van der Waals surface area contributed by atoms with Crippen molar-refractivity contribution >= 4 is 6.08 Å². The van der Waals surface area contributed by atoms with Crippen molar-refractivity contribution in [2.75, 3.05) is 6.61 Å². The number of aliphatic hydroxyl groups excluding tert-OH is 1. The van der Waals surface area contributed by atoms with Gasteiger partial charge in [-0.3, -0.25) is 0 Å². The number of fused-ring (bicyclic) bond motifs is 1. The van der Waals surface area contributed by atoms with Crippen LogP contribution in [0.3, 0.4) is 0 Å². The second-order valence-corrected chi connectivity index (χ2v) is 6.10. The summed E-state index contributed by atoms with van der Waals surface area (Å²) in [5.74, 6) is 0.628. The molecule has 1 aliphatic rings. The molecule has 21 heavy (non-hydrogen) atoms. The van der Waals surface area contributed by atoms with Gasteiger partial charge in [-0.15, -0.1) is 0 Å². The van der Waals surface area contributed by atoms with E-state index in [1.165, 1.54) is 27.8 Å². The van der Waals surface area contributed by atoms with E-state index < -0.39 is 0 Å². The van der Waals surface area contributed by atoms with Crippen molar-refractivity contribution in [2.24, 2.45) is 0 Å². The molecular formula is C20H22O. The summed E-state index contributed by atoms with van der Waals surface area (Å²) in [6.07, 6.45) is 3.26. The minimum Gasteiger partial charge on any atom is -0.396 e. The van der Waals surface area contributed by atoms with E-state index in [0.29, 0.717) is 5.92 Å². The number of benzene rings is 2. The van der Waals surface area contributed by atoms with Crippen LogP contribution in [0.5, 0.6) is 0 Å². The maximum atomic E-state index is 9.81. The summed E-state index contributed by atoms with van der Waals surface area (Å²) in [4.78, 5) is 0. The van der Waals surface area contributed by atoms with Gasteiger partial charge in [0.05, 0.1) is 0 Å². The smallest absolute Gasteiger partial charge is 0.0500 e. The first-order valence-electron chi connectivity index (χ1n) is 7.63. The van der Waals surface area contributed by atoms with E-state index in [1.807, 2.05) is 18.2 Å². The fourth-order valence-corrected chi connectivity index (χ4v) is 3.36. The van der Waals surface area contributed by atoms with E-state index in [4.69, 9.17) is 0 Å². The van der Waals surface area contributed by atoms with Gasteiger partial charge in [0, 0.05) is 18.4 Å². The summed E-state index contributed by atoms with van der Waals surface area (Å²) < 4.78 is 0. The van der Waals surface area contributed by atoms with Gasteiger partial charge in [-0.1, -0.05) is 65.7 Å². The molecule has 1 aliphatic carbocycles. The van der Waals surface area contributed by atoms with E-state index >= 15 is 0 Å². The van der Waals surface area contributed by atoms with Crippen LogP contribution >= 0.6 is 0 Å². The molecule has 0 spiro atoms. The third kappa shape index (κ3) is 2.79. The van der Waals surface area contributed by atoms with Gasteiger partial charge in [0.15, 0.2) is 0 Å². The Morgan fingerprint density at radius 3 is 2.52 bits per heavy atom. The van der Waals surface area contributed by atoms with Crippen molar-refractivity contribution in [1.82, 2.24) is 0 Å². The number of hydrogen-bond acceptors (Lipinski definition) is 1. The second kappa shape index (κ2) is 5.87. The zero-order valence-corrected chi connectivity index (χ0v) is 12.7. The second-order valence-electron chi connectivity index (χ2n) is 6.10. The summed E-state index contributed by atoms with van der Waals surface area (Å²) in [5.41, 5.74) is 6.70. The molecule has 2 aromatic rings. The summed E-state index contributed by atoms with van der Waals surface area (Å²) >= 11 is 0. The summed E-state index contributed by atoms with van der Waals surface area (Å²) in [6, 6.07) is 17.0. The average Bonchev–Trinajstić information content (AvgIpc) is 2.81. The molecule has 0 aliphatic heterocycles. The molecule has 2 aromatic carbocycles. The monoisotopic (exact) mass is 278 g/mol. The van der Waals surface area contributed by atoms with Crippen LogP contribution in [0.25, 0.3) is 6.08 Å². The summed E-state index contributed by atoms with van der Waals surface area (Å²) in [6.45, 7) is 4.56. The van der Waals surface area contributed by atoms with Gasteiger partial charge in [-0.2, -0.15) is 0 Å². The number of allylic oxidation sites excluding steroid dienone is 1. The lowest BCUT2D eigenvalue weighted by Crippen LogP contribution is -2.10. The first-order valence-corrected chi connectivity index (χ1v) is 7.63. The Labute approximate surface area is 127 Å². The van der Waals surface area contributed by atoms with Gasteiger partial charge >= 0.3 is 0 Å². The molecule has 1 nitrogen and oxygen atoms in total. The Morgan fingerprint density at radius 1 is 1.05 bits per heavy atom. The van der Waals surface area contributed by atoms with E-state index in [1.54, 1.807) is 0 Å². The van der Waals surface area contributed by atoms with Gasteiger partial charge < -0.3 is 5.11 Å². The van der Waals surface area contributed by atoms with Crippen LogP contribution in [0.1, 0.15) is 47.4 Å². The van der Waals surface area contributed by atoms with E-state index in [9.17, 15) is 5.11 Å². The van der Waals surface area contributed by atoms with Crippen molar-refractivity contribution in [3.8, 4) is 0 Å². The highest BCUT2D eigenvalue weighted by Gasteiger charge is 2.26. The molecule has 0 bridgehead atoms. The highest BCUT2D eigenvalue weighted by molar-refractivity contribution is 5.66. The van der Waals surface area contributed by atoms with Crippen LogP contribution in [0.15, 0.2) is 54.1 Å². The molecule has 0 fully saturated rings. The Kier molecular flexibility index (Phi) is 3.94. The van der Waals surface area contributed by atoms with Crippen LogP contribution in [-0.2, 0) is 0 Å². The molecule has 108 valence electrons. The Morgan fingerprint density at radius 2 is 1.81 bits per heavy atom. The van der Waals surface area contributed by atoms with E-state index in [2.05, 4.69) is 50.3 Å². The molecule has 0 saturated carbocycles. The van der Waals surface area contributed by atoms with Crippen LogP contribution in [0.2, 0.25) is 0 Å². The third-order valence-electron chi connectivity index (χ3n) is 4.56. The Bertz CT molecular complexity index is 655. The largest absolute Gasteiger partial charge is 0.396 e. The SMILES string of the molecule is CC1=Cc2ccc(C)cc2C1C[C@@H](CO)c1ccccc1. The van der Waals surface area contributed by atoms with Crippen molar-refractivity contribution in [3.05, 3.63) is 76.4 Å². The van der Waals surface area contributed by atoms with E-state index in [0.717, 1.165) is 6.42 Å². The van der Waals surface area contributed by atoms with Crippen molar-refractivity contribution in [1.29, 1.82) is 0 Å². The normalized spacial score (nSPS) is 18.2. The Hall–Kier alpha value is -1.86. The summed E-state index contributed by atoms with van der Waals surface area (Å²) in [5, 5.41) is 9.81. The molecule has 3 rings (SSSR count). The van der Waals surface area contributed by atoms with Crippen LogP contribution in [0.4, 0.5) is 0 Å². The first kappa shape index (κ1) is 14.1. The fraction of sp³-hybridized carbons (Fsp3) is 0.300. The van der Waals surface area contributed by atoms with Crippen molar-refractivity contribution in [3.63, 3.8) is 0 Å². The predicted octanol–water partition coefficient (Wildman–Crippen LogP) is 4.66. The molecule has 0 radical (unpaired) electrons. The van der Waals surface area contributed by atoms with Gasteiger partial charge in [-0.25, -0.2) is 0 Å². The average molecular weight is 278 g/mol. The topological polar surface area (TPSA) is 20.2 Å². The maximum Gasteiger partial charge on any atom is 0.0500 e. The summed E-state index contributed by atoms with van der Waals surface area (Å²) in [7, 11) is 0. The van der Waals surface area contributed by atoms with E-state index in [-0.39, 0.29) is 12.5 Å².